The highest BCUT2D eigenvalue weighted by molar-refractivity contribution is 6.10. The van der Waals surface area contributed by atoms with Gasteiger partial charge in [-0.15, -0.1) is 0 Å². The predicted octanol–water partition coefficient (Wildman–Crippen LogP) is 2.87. The van der Waals surface area contributed by atoms with Crippen LogP contribution in [0.2, 0.25) is 0 Å². The minimum absolute atomic E-state index is 0.0537. The molecule has 2 N–H and O–H groups in total. The van der Waals surface area contributed by atoms with Gasteiger partial charge >= 0.3 is 0 Å². The van der Waals surface area contributed by atoms with E-state index in [0.717, 1.165) is 22.3 Å². The number of rotatable bonds is 4. The minimum Gasteiger partial charge on any atom is -0.496 e. The van der Waals surface area contributed by atoms with Crippen molar-refractivity contribution in [1.29, 1.82) is 0 Å². The van der Waals surface area contributed by atoms with Gasteiger partial charge in [0.2, 0.25) is 0 Å². The second kappa shape index (κ2) is 5.34. The Morgan fingerprint density at radius 2 is 2.16 bits per heavy atom. The van der Waals surface area contributed by atoms with Crippen molar-refractivity contribution in [3.8, 4) is 5.75 Å². The summed E-state index contributed by atoms with van der Waals surface area (Å²) in [6.07, 6.45) is 0. The van der Waals surface area contributed by atoms with E-state index < -0.39 is 0 Å². The number of hydrogen-bond acceptors (Lipinski definition) is 2. The van der Waals surface area contributed by atoms with Crippen LogP contribution in [0.25, 0.3) is 10.9 Å². The Morgan fingerprint density at radius 3 is 2.79 bits per heavy atom. The van der Waals surface area contributed by atoms with Crippen LogP contribution < -0.4 is 10.1 Å². The fourth-order valence-corrected chi connectivity index (χ4v) is 2.18. The van der Waals surface area contributed by atoms with Crippen molar-refractivity contribution >= 4 is 16.8 Å². The van der Waals surface area contributed by atoms with Gasteiger partial charge in [0, 0.05) is 12.2 Å². The summed E-state index contributed by atoms with van der Waals surface area (Å²) in [6, 6.07) is 5.73. The Bertz CT molecular complexity index is 599. The van der Waals surface area contributed by atoms with Crippen LogP contribution in [0.15, 0.2) is 18.2 Å². The Kier molecular flexibility index (Phi) is 3.79. The number of carbonyl (C=O) groups is 1. The minimum atomic E-state index is -0.0537. The van der Waals surface area contributed by atoms with E-state index in [1.807, 2.05) is 25.1 Å². The molecular formula is C15H20N2O2. The van der Waals surface area contributed by atoms with Crippen molar-refractivity contribution in [3.63, 3.8) is 0 Å². The van der Waals surface area contributed by atoms with Crippen LogP contribution in [0.1, 0.15) is 29.9 Å². The van der Waals surface area contributed by atoms with Crippen LogP contribution in [0.4, 0.5) is 0 Å². The average molecular weight is 260 g/mol. The molecule has 1 aromatic heterocycles. The Morgan fingerprint density at radius 1 is 1.42 bits per heavy atom. The van der Waals surface area contributed by atoms with E-state index in [4.69, 9.17) is 4.74 Å². The molecule has 1 heterocycles. The van der Waals surface area contributed by atoms with Gasteiger partial charge in [0.05, 0.1) is 23.6 Å². The highest BCUT2D eigenvalue weighted by Crippen LogP contribution is 2.30. The van der Waals surface area contributed by atoms with Crippen LogP contribution >= 0.6 is 0 Å². The van der Waals surface area contributed by atoms with Gasteiger partial charge in [-0.05, 0) is 25.0 Å². The summed E-state index contributed by atoms with van der Waals surface area (Å²) in [4.78, 5) is 15.6. The Hall–Kier alpha value is -1.97. The number of amides is 1. The molecule has 1 amide bonds. The van der Waals surface area contributed by atoms with E-state index in [2.05, 4.69) is 24.1 Å². The number of benzene rings is 1. The molecule has 0 aliphatic carbocycles. The lowest BCUT2D eigenvalue weighted by molar-refractivity contribution is 0.0950. The third-order valence-electron chi connectivity index (χ3n) is 3.09. The van der Waals surface area contributed by atoms with Crippen molar-refractivity contribution < 1.29 is 9.53 Å². The van der Waals surface area contributed by atoms with Gasteiger partial charge in [-0.25, -0.2) is 0 Å². The quantitative estimate of drug-likeness (QED) is 0.888. The topological polar surface area (TPSA) is 54.1 Å². The van der Waals surface area contributed by atoms with Crippen molar-refractivity contribution in [2.24, 2.45) is 5.92 Å². The lowest BCUT2D eigenvalue weighted by Crippen LogP contribution is -2.27. The fourth-order valence-electron chi connectivity index (χ4n) is 2.18. The molecule has 4 nitrogen and oxygen atoms in total. The van der Waals surface area contributed by atoms with Gasteiger partial charge < -0.3 is 15.0 Å². The molecule has 0 aliphatic rings. The molecule has 0 aliphatic heterocycles. The Balaban J connectivity index is 2.47. The zero-order valence-corrected chi connectivity index (χ0v) is 11.8. The standard InChI is InChI=1S/C15H20N2O2/c1-9(2)8-16-15(18)13-10(3)17-11-6-5-7-12(19-4)14(11)13/h5-7,9,17H,8H2,1-4H3,(H,16,18). The monoisotopic (exact) mass is 260 g/mol. The molecule has 2 rings (SSSR count). The molecule has 0 fully saturated rings. The molecule has 0 bridgehead atoms. The van der Waals surface area contributed by atoms with E-state index in [0.29, 0.717) is 18.0 Å². The largest absolute Gasteiger partial charge is 0.496 e. The molecular weight excluding hydrogens is 240 g/mol. The van der Waals surface area contributed by atoms with E-state index in [1.54, 1.807) is 7.11 Å². The molecule has 19 heavy (non-hydrogen) atoms. The summed E-state index contributed by atoms with van der Waals surface area (Å²) < 4.78 is 5.36. The molecule has 0 spiro atoms. The van der Waals surface area contributed by atoms with E-state index in [1.165, 1.54) is 0 Å². The molecule has 0 saturated heterocycles. The third kappa shape index (κ3) is 2.57. The lowest BCUT2D eigenvalue weighted by atomic mass is 10.1. The molecule has 0 unspecified atom stereocenters. The lowest BCUT2D eigenvalue weighted by Gasteiger charge is -2.09. The first kappa shape index (κ1) is 13.5. The van der Waals surface area contributed by atoms with Crippen molar-refractivity contribution in [1.82, 2.24) is 10.3 Å². The van der Waals surface area contributed by atoms with Crippen molar-refractivity contribution in [2.45, 2.75) is 20.8 Å². The van der Waals surface area contributed by atoms with Gasteiger partial charge in [0.25, 0.3) is 5.91 Å². The molecule has 1 aromatic carbocycles. The summed E-state index contributed by atoms with van der Waals surface area (Å²) in [7, 11) is 1.62. The maximum absolute atomic E-state index is 12.3. The van der Waals surface area contributed by atoms with Gasteiger partial charge in [-0.2, -0.15) is 0 Å². The maximum atomic E-state index is 12.3. The highest BCUT2D eigenvalue weighted by Gasteiger charge is 2.18. The molecule has 0 atom stereocenters. The van der Waals surface area contributed by atoms with Crippen molar-refractivity contribution in [2.75, 3.05) is 13.7 Å². The van der Waals surface area contributed by atoms with E-state index in [-0.39, 0.29) is 5.91 Å². The van der Waals surface area contributed by atoms with Crippen LogP contribution in [0.3, 0.4) is 0 Å². The third-order valence-corrected chi connectivity index (χ3v) is 3.09. The number of carbonyl (C=O) groups excluding carboxylic acids is 1. The first-order valence-electron chi connectivity index (χ1n) is 6.48. The number of H-pyrrole nitrogens is 1. The first-order chi connectivity index (χ1) is 9.04. The zero-order chi connectivity index (χ0) is 14.0. The van der Waals surface area contributed by atoms with E-state index >= 15 is 0 Å². The summed E-state index contributed by atoms with van der Waals surface area (Å²) in [5, 5.41) is 3.80. The molecule has 102 valence electrons. The second-order valence-electron chi connectivity index (χ2n) is 5.11. The zero-order valence-electron chi connectivity index (χ0n) is 11.8. The molecule has 4 heteroatoms. The average Bonchev–Trinajstić information content (AvgIpc) is 2.71. The number of methoxy groups -OCH3 is 1. The SMILES string of the molecule is COc1cccc2[nH]c(C)c(C(=O)NCC(C)C)c12. The summed E-state index contributed by atoms with van der Waals surface area (Å²) in [5.41, 5.74) is 2.46. The maximum Gasteiger partial charge on any atom is 0.253 e. The summed E-state index contributed by atoms with van der Waals surface area (Å²) >= 11 is 0. The normalized spacial score (nSPS) is 11.0. The van der Waals surface area contributed by atoms with Gasteiger partial charge in [0.15, 0.2) is 0 Å². The second-order valence-corrected chi connectivity index (χ2v) is 5.11. The highest BCUT2D eigenvalue weighted by atomic mass is 16.5. The summed E-state index contributed by atoms with van der Waals surface area (Å²) in [6.45, 7) is 6.72. The van der Waals surface area contributed by atoms with Crippen LogP contribution in [-0.2, 0) is 0 Å². The number of aromatic nitrogens is 1. The first-order valence-corrected chi connectivity index (χ1v) is 6.48. The Labute approximate surface area is 113 Å². The summed E-state index contributed by atoms with van der Waals surface area (Å²) in [5.74, 6) is 1.09. The number of nitrogens with one attached hydrogen (secondary N) is 2. The van der Waals surface area contributed by atoms with Crippen LogP contribution in [0.5, 0.6) is 5.75 Å². The number of fused-ring (bicyclic) bond motifs is 1. The number of aromatic amines is 1. The molecule has 0 radical (unpaired) electrons. The molecule has 2 aromatic rings. The van der Waals surface area contributed by atoms with Crippen molar-refractivity contribution in [3.05, 3.63) is 29.5 Å². The predicted molar refractivity (Wildman–Crippen MR) is 76.8 cm³/mol. The van der Waals surface area contributed by atoms with Gasteiger partial charge in [-0.3, -0.25) is 4.79 Å². The molecule has 0 saturated carbocycles. The van der Waals surface area contributed by atoms with E-state index in [9.17, 15) is 4.79 Å². The van der Waals surface area contributed by atoms with Crippen LogP contribution in [-0.4, -0.2) is 24.5 Å². The number of hydrogen-bond donors (Lipinski definition) is 2. The smallest absolute Gasteiger partial charge is 0.253 e. The fraction of sp³-hybridized carbons (Fsp3) is 0.400. The van der Waals surface area contributed by atoms with Crippen LogP contribution in [0, 0.1) is 12.8 Å². The van der Waals surface area contributed by atoms with Gasteiger partial charge in [0.1, 0.15) is 5.75 Å². The number of aryl methyl sites for hydroxylation is 1. The van der Waals surface area contributed by atoms with Gasteiger partial charge in [-0.1, -0.05) is 19.9 Å². The number of ether oxygens (including phenoxy) is 1.